The first kappa shape index (κ1) is 22.5. The Morgan fingerprint density at radius 3 is 2.32 bits per heavy atom. The van der Waals surface area contributed by atoms with E-state index in [2.05, 4.69) is 20.3 Å². The average molecular weight is 467 g/mol. The number of carbonyl (C=O) groups is 1. The van der Waals surface area contributed by atoms with Crippen molar-refractivity contribution in [3.8, 4) is 11.1 Å². The van der Waals surface area contributed by atoms with E-state index in [1.165, 1.54) is 18.5 Å². The van der Waals surface area contributed by atoms with Gasteiger partial charge in [-0.3, -0.25) is 9.78 Å². The number of nitrogens with zero attached hydrogens (tertiary/aromatic N) is 3. The summed E-state index contributed by atoms with van der Waals surface area (Å²) in [6.07, 6.45) is 5.44. The zero-order valence-electron chi connectivity index (χ0n) is 19.0. The van der Waals surface area contributed by atoms with Crippen LogP contribution in [-0.4, -0.2) is 26.8 Å². The van der Waals surface area contributed by atoms with Gasteiger partial charge in [0, 0.05) is 54.4 Å². The number of aromatic nitrogens is 3. The van der Waals surface area contributed by atoms with Crippen molar-refractivity contribution in [3.63, 3.8) is 0 Å². The van der Waals surface area contributed by atoms with Crippen LogP contribution in [0.3, 0.4) is 0 Å². The van der Waals surface area contributed by atoms with Crippen LogP contribution in [0.5, 0.6) is 0 Å². The molecule has 5 nitrogen and oxygen atoms in total. The summed E-state index contributed by atoms with van der Waals surface area (Å²) < 4.78 is 41.7. The highest BCUT2D eigenvalue weighted by Crippen LogP contribution is 2.67. The Labute approximate surface area is 195 Å². The van der Waals surface area contributed by atoms with Crippen molar-refractivity contribution < 1.29 is 18.0 Å². The van der Waals surface area contributed by atoms with Gasteiger partial charge in [-0.25, -0.2) is 23.1 Å². The van der Waals surface area contributed by atoms with Crippen molar-refractivity contribution in [2.24, 2.45) is 5.41 Å². The number of pyridine rings is 1. The van der Waals surface area contributed by atoms with E-state index in [1.54, 1.807) is 30.5 Å². The predicted molar refractivity (Wildman–Crippen MR) is 122 cm³/mol. The standard InChI is InChI=1S/C26H25F3N4O/c1-15(2)23-31-11-17(12-32-23)24(34)33-22-19(18-5-3-4-6-20(18)27)7-8-30-21(22)16-9-25(10-16)13-26(28,29)14-25/h3-8,11-12,15-16H,9-10,13-14H2,1-2H3,(H,33,34). The van der Waals surface area contributed by atoms with E-state index in [4.69, 9.17) is 0 Å². The Morgan fingerprint density at radius 2 is 1.71 bits per heavy atom. The average Bonchev–Trinajstić information content (AvgIpc) is 2.76. The van der Waals surface area contributed by atoms with E-state index in [1.807, 2.05) is 13.8 Å². The van der Waals surface area contributed by atoms with E-state index in [9.17, 15) is 18.0 Å². The molecule has 2 aromatic heterocycles. The Bertz CT molecular complexity index is 1230. The summed E-state index contributed by atoms with van der Waals surface area (Å²) in [7, 11) is 0. The zero-order valence-corrected chi connectivity index (χ0v) is 19.0. The van der Waals surface area contributed by atoms with Gasteiger partial charge in [-0.1, -0.05) is 32.0 Å². The fraction of sp³-hybridized carbons (Fsp3) is 0.385. The second-order valence-electron chi connectivity index (χ2n) is 9.85. The van der Waals surface area contributed by atoms with E-state index < -0.39 is 17.6 Å². The highest BCUT2D eigenvalue weighted by molar-refractivity contribution is 6.06. The minimum Gasteiger partial charge on any atom is -0.320 e. The highest BCUT2D eigenvalue weighted by Gasteiger charge is 2.62. The molecular formula is C26H25F3N4O. The molecule has 3 aromatic rings. The molecule has 2 heterocycles. The maximum atomic E-state index is 14.7. The van der Waals surface area contributed by atoms with Gasteiger partial charge in [0.25, 0.3) is 5.91 Å². The predicted octanol–water partition coefficient (Wildman–Crippen LogP) is 6.35. The molecule has 1 amide bonds. The molecule has 1 aromatic carbocycles. The monoisotopic (exact) mass is 466 g/mol. The molecular weight excluding hydrogens is 441 g/mol. The lowest BCUT2D eigenvalue weighted by molar-refractivity contribution is -0.196. The Hall–Kier alpha value is -3.29. The van der Waals surface area contributed by atoms with Crippen LogP contribution in [-0.2, 0) is 0 Å². The molecule has 0 saturated heterocycles. The molecule has 0 atom stereocenters. The zero-order chi connectivity index (χ0) is 24.1. The molecule has 34 heavy (non-hydrogen) atoms. The lowest BCUT2D eigenvalue weighted by atomic mass is 9.49. The summed E-state index contributed by atoms with van der Waals surface area (Å²) in [6.45, 7) is 3.92. The lowest BCUT2D eigenvalue weighted by Gasteiger charge is -2.57. The van der Waals surface area contributed by atoms with Gasteiger partial charge in [0.15, 0.2) is 0 Å². The number of anilines is 1. The molecule has 0 unspecified atom stereocenters. The van der Waals surface area contributed by atoms with Gasteiger partial charge in [0.1, 0.15) is 11.6 Å². The van der Waals surface area contributed by atoms with Gasteiger partial charge >= 0.3 is 0 Å². The second-order valence-corrected chi connectivity index (χ2v) is 9.85. The molecule has 2 saturated carbocycles. The van der Waals surface area contributed by atoms with Crippen molar-refractivity contribution in [3.05, 3.63) is 71.8 Å². The Balaban J connectivity index is 1.48. The van der Waals surface area contributed by atoms with Crippen molar-refractivity contribution in [1.29, 1.82) is 0 Å². The van der Waals surface area contributed by atoms with Gasteiger partial charge in [0.05, 0.1) is 16.9 Å². The van der Waals surface area contributed by atoms with Crippen LogP contribution in [0.1, 0.15) is 73.2 Å². The summed E-state index contributed by atoms with van der Waals surface area (Å²) in [6, 6.07) is 7.96. The number of hydrogen-bond donors (Lipinski definition) is 1. The lowest BCUT2D eigenvalue weighted by Crippen LogP contribution is -2.53. The largest absolute Gasteiger partial charge is 0.320 e. The number of hydrogen-bond acceptors (Lipinski definition) is 4. The minimum atomic E-state index is -2.59. The molecule has 0 aliphatic heterocycles. The fourth-order valence-corrected chi connectivity index (χ4v) is 5.28. The number of amides is 1. The molecule has 2 aliphatic carbocycles. The molecule has 176 valence electrons. The third-order valence-electron chi connectivity index (χ3n) is 6.85. The Kier molecular flexibility index (Phi) is 5.41. The van der Waals surface area contributed by atoms with Gasteiger partial charge < -0.3 is 5.32 Å². The van der Waals surface area contributed by atoms with Gasteiger partial charge in [-0.05, 0) is 30.4 Å². The summed E-state index contributed by atoms with van der Waals surface area (Å²) in [5, 5.41) is 2.90. The van der Waals surface area contributed by atoms with Crippen LogP contribution in [0.25, 0.3) is 11.1 Å². The summed E-state index contributed by atoms with van der Waals surface area (Å²) in [5.74, 6) is -2.79. The van der Waals surface area contributed by atoms with Crippen LogP contribution in [0, 0.1) is 11.2 Å². The highest BCUT2D eigenvalue weighted by atomic mass is 19.3. The van der Waals surface area contributed by atoms with Gasteiger partial charge in [-0.15, -0.1) is 0 Å². The van der Waals surface area contributed by atoms with Crippen molar-refractivity contribution in [1.82, 2.24) is 15.0 Å². The SMILES string of the molecule is CC(C)c1ncc(C(=O)Nc2c(-c3ccccc3F)ccnc2C2CC3(C2)CC(F)(F)C3)cn1. The van der Waals surface area contributed by atoms with Crippen LogP contribution >= 0.6 is 0 Å². The summed E-state index contributed by atoms with van der Waals surface area (Å²) in [5.41, 5.74) is 1.73. The van der Waals surface area contributed by atoms with E-state index >= 15 is 0 Å². The molecule has 0 bridgehead atoms. The summed E-state index contributed by atoms with van der Waals surface area (Å²) in [4.78, 5) is 26.1. The maximum absolute atomic E-state index is 14.7. The first-order valence-electron chi connectivity index (χ1n) is 11.4. The quantitative estimate of drug-likeness (QED) is 0.476. The van der Waals surface area contributed by atoms with Crippen molar-refractivity contribution in [2.45, 2.75) is 57.3 Å². The smallest absolute Gasteiger partial charge is 0.258 e. The molecule has 2 fully saturated rings. The number of carbonyl (C=O) groups excluding carboxylic acids is 1. The summed E-state index contributed by atoms with van der Waals surface area (Å²) >= 11 is 0. The van der Waals surface area contributed by atoms with E-state index in [-0.39, 0.29) is 35.7 Å². The minimum absolute atomic E-state index is 0.0855. The number of nitrogens with one attached hydrogen (secondary N) is 1. The van der Waals surface area contributed by atoms with Crippen LogP contribution in [0.2, 0.25) is 0 Å². The molecule has 5 rings (SSSR count). The first-order chi connectivity index (χ1) is 16.2. The molecule has 1 N–H and O–H groups in total. The number of alkyl halides is 2. The van der Waals surface area contributed by atoms with Crippen molar-refractivity contribution >= 4 is 11.6 Å². The molecule has 2 aliphatic rings. The molecule has 8 heteroatoms. The van der Waals surface area contributed by atoms with E-state index in [0.29, 0.717) is 41.2 Å². The van der Waals surface area contributed by atoms with Crippen molar-refractivity contribution in [2.75, 3.05) is 5.32 Å². The normalized spacial score (nSPS) is 18.4. The second kappa shape index (κ2) is 8.18. The number of rotatable bonds is 5. The third kappa shape index (κ3) is 4.06. The Morgan fingerprint density at radius 1 is 1.03 bits per heavy atom. The molecule has 0 radical (unpaired) electrons. The molecule has 1 spiro atoms. The van der Waals surface area contributed by atoms with E-state index in [0.717, 1.165) is 0 Å². The topological polar surface area (TPSA) is 67.8 Å². The van der Waals surface area contributed by atoms with Crippen LogP contribution in [0.4, 0.5) is 18.9 Å². The number of benzene rings is 1. The van der Waals surface area contributed by atoms with Gasteiger partial charge in [0.2, 0.25) is 5.92 Å². The first-order valence-corrected chi connectivity index (χ1v) is 11.4. The maximum Gasteiger partial charge on any atom is 0.258 e. The van der Waals surface area contributed by atoms with Crippen LogP contribution in [0.15, 0.2) is 48.9 Å². The van der Waals surface area contributed by atoms with Gasteiger partial charge in [-0.2, -0.15) is 0 Å². The number of halogens is 3. The van der Waals surface area contributed by atoms with Crippen LogP contribution < -0.4 is 5.32 Å². The fourth-order valence-electron chi connectivity index (χ4n) is 5.28. The third-order valence-corrected chi connectivity index (χ3v) is 6.85.